The van der Waals surface area contributed by atoms with Crippen LogP contribution in [0.1, 0.15) is 34.1 Å². The van der Waals surface area contributed by atoms with Gasteiger partial charge in [0.15, 0.2) is 5.65 Å². The molecule has 0 aliphatic carbocycles. The number of nitrogens with zero attached hydrogens (tertiary/aromatic N) is 6. The first kappa shape index (κ1) is 18.5. The molecule has 3 heterocycles. The second-order valence-corrected chi connectivity index (χ2v) is 7.70. The zero-order valence-electron chi connectivity index (χ0n) is 15.4. The van der Waals surface area contributed by atoms with Crippen LogP contribution < -0.4 is 10.6 Å². The highest BCUT2D eigenvalue weighted by atomic mass is 35.5. The average molecular weight is 382 g/mol. The highest BCUT2D eigenvalue weighted by Crippen LogP contribution is 2.25. The third-order valence-corrected chi connectivity index (χ3v) is 4.45. The number of amides is 1. The Morgan fingerprint density at radius 3 is 2.77 bits per heavy atom. The fourth-order valence-corrected chi connectivity index (χ4v) is 3.16. The van der Waals surface area contributed by atoms with Gasteiger partial charge in [-0.3, -0.25) is 0 Å². The lowest BCUT2D eigenvalue weighted by Crippen LogP contribution is -2.56. The molecule has 1 aliphatic heterocycles. The van der Waals surface area contributed by atoms with Crippen molar-refractivity contribution in [3.8, 4) is 0 Å². The molecular formula is C16H24ClN7O2. The second-order valence-electron chi connectivity index (χ2n) is 7.29. The van der Waals surface area contributed by atoms with E-state index in [9.17, 15) is 4.79 Å². The van der Waals surface area contributed by atoms with Crippen molar-refractivity contribution < 1.29 is 9.53 Å². The number of piperazine rings is 1. The summed E-state index contributed by atoms with van der Waals surface area (Å²) in [6.45, 7) is 9.29. The summed E-state index contributed by atoms with van der Waals surface area (Å²) in [5.74, 6) is 0.717. The molecule has 0 unspecified atom stereocenters. The summed E-state index contributed by atoms with van der Waals surface area (Å²) in [7, 11) is 0. The van der Waals surface area contributed by atoms with E-state index in [-0.39, 0.29) is 18.1 Å². The Balaban J connectivity index is 1.86. The van der Waals surface area contributed by atoms with Crippen LogP contribution in [0.25, 0.3) is 5.65 Å². The molecule has 3 rings (SSSR count). The number of fused-ring (bicyclic) bond motifs is 1. The first-order valence-electron chi connectivity index (χ1n) is 8.61. The van der Waals surface area contributed by atoms with E-state index in [0.717, 1.165) is 6.42 Å². The first-order chi connectivity index (χ1) is 12.2. The normalized spacial score (nSPS) is 18.4. The number of carbonyl (C=O) groups is 1. The number of halogens is 1. The minimum atomic E-state index is -0.519. The van der Waals surface area contributed by atoms with E-state index in [1.807, 2.05) is 20.8 Å². The standard InChI is InChI=1S/C16H24ClN7O2/c1-5-10-9-22(15(25)26-16(2,3)4)6-7-23(10)14-21-13(18)20-12-11(17)8-19-24(12)14/h8,10H,5-7,9H2,1-4H3,(H2,18,20)/t10-/m0/s1. The number of nitrogens with two attached hydrogens (primary N) is 1. The van der Waals surface area contributed by atoms with Crippen molar-refractivity contribution in [2.45, 2.75) is 45.8 Å². The SMILES string of the molecule is CC[C@H]1CN(C(=O)OC(C)(C)C)CCN1c1nc(N)nc2c(Cl)cnn12. The Hall–Kier alpha value is -2.29. The van der Waals surface area contributed by atoms with Gasteiger partial charge in [0.1, 0.15) is 10.6 Å². The number of ether oxygens (including phenoxy) is 1. The highest BCUT2D eigenvalue weighted by Gasteiger charge is 2.33. The van der Waals surface area contributed by atoms with Gasteiger partial charge >= 0.3 is 6.09 Å². The van der Waals surface area contributed by atoms with Crippen molar-refractivity contribution in [2.24, 2.45) is 0 Å². The molecule has 1 fully saturated rings. The second kappa shape index (κ2) is 6.79. The van der Waals surface area contributed by atoms with E-state index >= 15 is 0 Å². The fourth-order valence-electron chi connectivity index (χ4n) is 3.00. The van der Waals surface area contributed by atoms with Crippen LogP contribution in [-0.2, 0) is 4.74 Å². The van der Waals surface area contributed by atoms with Gasteiger partial charge in [0.25, 0.3) is 0 Å². The summed E-state index contributed by atoms with van der Waals surface area (Å²) >= 11 is 6.13. The largest absolute Gasteiger partial charge is 0.444 e. The van der Waals surface area contributed by atoms with Crippen molar-refractivity contribution in [2.75, 3.05) is 30.3 Å². The molecule has 0 spiro atoms. The van der Waals surface area contributed by atoms with Crippen molar-refractivity contribution in [3.63, 3.8) is 0 Å². The molecule has 1 atom stereocenters. The van der Waals surface area contributed by atoms with Gasteiger partial charge in [-0.15, -0.1) is 0 Å². The molecule has 0 bridgehead atoms. The number of hydrogen-bond acceptors (Lipinski definition) is 7. The van der Waals surface area contributed by atoms with Crippen molar-refractivity contribution in [1.29, 1.82) is 0 Å². The molecule has 0 saturated carbocycles. The van der Waals surface area contributed by atoms with Crippen LogP contribution in [0.4, 0.5) is 16.7 Å². The monoisotopic (exact) mass is 381 g/mol. The van der Waals surface area contributed by atoms with Crippen molar-refractivity contribution >= 4 is 35.2 Å². The maximum absolute atomic E-state index is 12.4. The number of anilines is 2. The lowest BCUT2D eigenvalue weighted by atomic mass is 10.1. The summed E-state index contributed by atoms with van der Waals surface area (Å²) in [6, 6.07) is 0.0525. The van der Waals surface area contributed by atoms with Gasteiger partial charge in [0.2, 0.25) is 11.9 Å². The predicted octanol–water partition coefficient (Wildman–Crippen LogP) is 2.20. The van der Waals surface area contributed by atoms with Crippen LogP contribution >= 0.6 is 11.6 Å². The molecule has 0 radical (unpaired) electrons. The number of aromatic nitrogens is 4. The molecule has 142 valence electrons. The minimum absolute atomic E-state index is 0.0525. The number of carbonyl (C=O) groups excluding carboxylic acids is 1. The van der Waals surface area contributed by atoms with E-state index in [2.05, 4.69) is 26.9 Å². The number of rotatable bonds is 2. The van der Waals surface area contributed by atoms with Crippen LogP contribution in [0.2, 0.25) is 5.02 Å². The summed E-state index contributed by atoms with van der Waals surface area (Å²) in [6.07, 6.45) is 2.04. The van der Waals surface area contributed by atoms with E-state index in [4.69, 9.17) is 22.1 Å². The summed E-state index contributed by atoms with van der Waals surface area (Å²) in [5.41, 5.74) is 5.81. The maximum atomic E-state index is 12.4. The molecule has 1 saturated heterocycles. The Bertz CT molecular complexity index is 817. The maximum Gasteiger partial charge on any atom is 0.410 e. The molecule has 2 N–H and O–H groups in total. The van der Waals surface area contributed by atoms with Crippen molar-refractivity contribution in [3.05, 3.63) is 11.2 Å². The molecule has 1 amide bonds. The molecule has 26 heavy (non-hydrogen) atoms. The van der Waals surface area contributed by atoms with Crippen LogP contribution in [0.15, 0.2) is 6.20 Å². The molecule has 2 aromatic heterocycles. The summed E-state index contributed by atoms with van der Waals surface area (Å²) in [4.78, 5) is 24.7. The molecule has 10 heteroatoms. The molecule has 0 aromatic carbocycles. The quantitative estimate of drug-likeness (QED) is 0.850. The molecule has 1 aliphatic rings. The van der Waals surface area contributed by atoms with Gasteiger partial charge in [-0.25, -0.2) is 4.79 Å². The Morgan fingerprint density at radius 1 is 1.38 bits per heavy atom. The highest BCUT2D eigenvalue weighted by molar-refractivity contribution is 6.33. The van der Waals surface area contributed by atoms with Crippen LogP contribution in [0.5, 0.6) is 0 Å². The van der Waals surface area contributed by atoms with E-state index in [1.54, 1.807) is 9.42 Å². The smallest absolute Gasteiger partial charge is 0.410 e. The van der Waals surface area contributed by atoms with E-state index < -0.39 is 5.60 Å². The predicted molar refractivity (Wildman–Crippen MR) is 99.4 cm³/mol. The molecular weight excluding hydrogens is 358 g/mol. The molecule has 2 aromatic rings. The number of hydrogen-bond donors (Lipinski definition) is 1. The first-order valence-corrected chi connectivity index (χ1v) is 8.98. The Morgan fingerprint density at radius 2 is 2.12 bits per heavy atom. The van der Waals surface area contributed by atoms with Crippen LogP contribution in [0.3, 0.4) is 0 Å². The summed E-state index contributed by atoms with van der Waals surface area (Å²) < 4.78 is 7.08. The van der Waals surface area contributed by atoms with Gasteiger partial charge < -0.3 is 20.3 Å². The lowest BCUT2D eigenvalue weighted by molar-refractivity contribution is 0.0212. The van der Waals surface area contributed by atoms with Crippen LogP contribution in [-0.4, -0.2) is 61.9 Å². The van der Waals surface area contributed by atoms with Gasteiger partial charge in [0, 0.05) is 25.7 Å². The lowest BCUT2D eigenvalue weighted by Gasteiger charge is -2.41. The van der Waals surface area contributed by atoms with Gasteiger partial charge in [0.05, 0.1) is 6.20 Å². The van der Waals surface area contributed by atoms with Gasteiger partial charge in [-0.1, -0.05) is 18.5 Å². The topological polar surface area (TPSA) is 102 Å². The van der Waals surface area contributed by atoms with Gasteiger partial charge in [-0.2, -0.15) is 19.6 Å². The Labute approximate surface area is 157 Å². The Kier molecular flexibility index (Phi) is 4.83. The van der Waals surface area contributed by atoms with Crippen LogP contribution in [0, 0.1) is 0 Å². The zero-order chi connectivity index (χ0) is 19.1. The van der Waals surface area contributed by atoms with Gasteiger partial charge in [-0.05, 0) is 27.2 Å². The molecule has 9 nitrogen and oxygen atoms in total. The fraction of sp³-hybridized carbons (Fsp3) is 0.625. The minimum Gasteiger partial charge on any atom is -0.444 e. The van der Waals surface area contributed by atoms with E-state index in [1.165, 1.54) is 6.20 Å². The zero-order valence-corrected chi connectivity index (χ0v) is 16.2. The average Bonchev–Trinajstić information content (AvgIpc) is 2.93. The number of nitrogen functional groups attached to an aromatic ring is 1. The third-order valence-electron chi connectivity index (χ3n) is 4.19. The van der Waals surface area contributed by atoms with E-state index in [0.29, 0.717) is 36.3 Å². The third kappa shape index (κ3) is 3.62. The van der Waals surface area contributed by atoms with Crippen molar-refractivity contribution in [1.82, 2.24) is 24.5 Å². The summed E-state index contributed by atoms with van der Waals surface area (Å²) in [5, 5.41) is 4.68.